The van der Waals surface area contributed by atoms with Gasteiger partial charge in [-0.05, 0) is 41.2 Å². The number of furan rings is 1. The van der Waals surface area contributed by atoms with Gasteiger partial charge in [0.1, 0.15) is 5.71 Å². The van der Waals surface area contributed by atoms with Crippen LogP contribution in [0.3, 0.4) is 0 Å². The summed E-state index contributed by atoms with van der Waals surface area (Å²) < 4.78 is 5.49. The van der Waals surface area contributed by atoms with Gasteiger partial charge in [-0.25, -0.2) is 0 Å². The molecule has 2 aromatic heterocycles. The molecule has 1 unspecified atom stereocenters. The molecule has 0 aliphatic heterocycles. The molecule has 0 aliphatic carbocycles. The second-order valence-electron chi connectivity index (χ2n) is 5.19. The number of pyridine rings is 1. The van der Waals surface area contributed by atoms with Crippen molar-refractivity contribution in [2.45, 2.75) is 6.54 Å². The van der Waals surface area contributed by atoms with E-state index in [1.807, 2.05) is 48.5 Å². The minimum absolute atomic E-state index is 0.543. The molecule has 2 heterocycles. The van der Waals surface area contributed by atoms with Crippen LogP contribution in [-0.2, 0) is 6.54 Å². The molecule has 0 fully saturated rings. The molecular weight excluding hydrogens is 317 g/mol. The summed E-state index contributed by atoms with van der Waals surface area (Å²) in [6, 6.07) is 17.4. The monoisotopic (exact) mass is 335 g/mol. The van der Waals surface area contributed by atoms with Gasteiger partial charge >= 0.3 is 0 Å². The quantitative estimate of drug-likeness (QED) is 0.575. The molecule has 5 heteroatoms. The topological polar surface area (TPSA) is 64.4 Å². The maximum atomic E-state index is 6.17. The Kier molecular flexibility index (Phi) is 5.19. The number of aliphatic imine (C=N–C) groups is 1. The summed E-state index contributed by atoms with van der Waals surface area (Å²) in [6.07, 6.45) is 5.14. The molecule has 3 rings (SSSR count). The Balaban J connectivity index is 1.93. The summed E-state index contributed by atoms with van der Waals surface area (Å²) >= 11 is 0. The number of benzene rings is 1. The summed E-state index contributed by atoms with van der Waals surface area (Å²) in [5, 5.41) is 1.13. The Morgan fingerprint density at radius 1 is 1.12 bits per heavy atom. The van der Waals surface area contributed by atoms with Crippen LogP contribution in [0.1, 0.15) is 17.0 Å². The van der Waals surface area contributed by atoms with Crippen LogP contribution in [0.25, 0.3) is 5.70 Å². The van der Waals surface area contributed by atoms with Gasteiger partial charge in [-0.1, -0.05) is 30.3 Å². The van der Waals surface area contributed by atoms with Crippen molar-refractivity contribution < 1.29 is 4.42 Å². The molecule has 0 saturated carbocycles. The SMILES string of the molecule is NC(=CC(=NCc1ccccc1P)c1ccco1)c1ccccn1. The molecule has 0 aliphatic rings. The molecule has 0 amide bonds. The lowest BCUT2D eigenvalue weighted by Gasteiger charge is -2.05. The summed E-state index contributed by atoms with van der Waals surface area (Å²) in [5.74, 6) is 0.676. The van der Waals surface area contributed by atoms with Gasteiger partial charge in [0.25, 0.3) is 0 Å². The molecule has 0 radical (unpaired) electrons. The number of allylic oxidation sites excluding steroid dienone is 1. The highest BCUT2D eigenvalue weighted by atomic mass is 31.0. The van der Waals surface area contributed by atoms with E-state index in [-0.39, 0.29) is 0 Å². The van der Waals surface area contributed by atoms with Crippen LogP contribution in [0, 0.1) is 0 Å². The first kappa shape index (κ1) is 16.2. The molecule has 4 nitrogen and oxygen atoms in total. The van der Waals surface area contributed by atoms with Crippen LogP contribution in [0.4, 0.5) is 0 Å². The molecule has 1 aromatic carbocycles. The van der Waals surface area contributed by atoms with Crippen molar-refractivity contribution in [3.63, 3.8) is 0 Å². The highest BCUT2D eigenvalue weighted by Gasteiger charge is 2.07. The van der Waals surface area contributed by atoms with E-state index < -0.39 is 0 Å². The molecule has 24 heavy (non-hydrogen) atoms. The lowest BCUT2D eigenvalue weighted by Crippen LogP contribution is -2.06. The van der Waals surface area contributed by atoms with Crippen molar-refractivity contribution in [3.8, 4) is 0 Å². The largest absolute Gasteiger partial charge is 0.463 e. The maximum Gasteiger partial charge on any atom is 0.151 e. The van der Waals surface area contributed by atoms with Gasteiger partial charge in [-0.15, -0.1) is 9.24 Å². The van der Waals surface area contributed by atoms with Crippen LogP contribution in [0.15, 0.2) is 82.5 Å². The van der Waals surface area contributed by atoms with E-state index in [1.54, 1.807) is 18.5 Å². The van der Waals surface area contributed by atoms with Gasteiger partial charge in [0.05, 0.1) is 24.2 Å². The third kappa shape index (κ3) is 3.98. The molecule has 0 spiro atoms. The highest BCUT2D eigenvalue weighted by molar-refractivity contribution is 7.27. The summed E-state index contributed by atoms with van der Waals surface area (Å²) in [4.78, 5) is 8.95. The Hall–Kier alpha value is -2.71. The third-order valence-corrected chi connectivity index (χ3v) is 4.06. The Morgan fingerprint density at radius 2 is 1.96 bits per heavy atom. The van der Waals surface area contributed by atoms with Crippen molar-refractivity contribution in [2.75, 3.05) is 0 Å². The first-order chi connectivity index (χ1) is 11.7. The number of aromatic nitrogens is 1. The molecule has 2 N–H and O–H groups in total. The van der Waals surface area contributed by atoms with Crippen LogP contribution in [0.5, 0.6) is 0 Å². The van der Waals surface area contributed by atoms with E-state index in [0.29, 0.717) is 29.4 Å². The first-order valence-electron chi connectivity index (χ1n) is 7.54. The van der Waals surface area contributed by atoms with Crippen molar-refractivity contribution in [1.29, 1.82) is 0 Å². The Bertz CT molecular complexity index is 855. The Morgan fingerprint density at radius 3 is 2.67 bits per heavy atom. The number of hydrogen-bond acceptors (Lipinski definition) is 4. The zero-order chi connectivity index (χ0) is 16.8. The van der Waals surface area contributed by atoms with Gasteiger partial charge in [0.15, 0.2) is 5.76 Å². The molecule has 1 atom stereocenters. The third-order valence-electron chi connectivity index (χ3n) is 3.50. The average Bonchev–Trinajstić information content (AvgIpc) is 3.15. The van der Waals surface area contributed by atoms with E-state index in [2.05, 4.69) is 25.3 Å². The van der Waals surface area contributed by atoms with Crippen molar-refractivity contribution >= 4 is 26.0 Å². The molecule has 0 bridgehead atoms. The zero-order valence-corrected chi connectivity index (χ0v) is 14.2. The number of rotatable bonds is 5. The fourth-order valence-electron chi connectivity index (χ4n) is 2.22. The van der Waals surface area contributed by atoms with Gasteiger partial charge < -0.3 is 10.2 Å². The van der Waals surface area contributed by atoms with Gasteiger partial charge in [-0.2, -0.15) is 0 Å². The Labute approximate surface area is 143 Å². The van der Waals surface area contributed by atoms with Crippen molar-refractivity contribution in [1.82, 2.24) is 4.98 Å². The lowest BCUT2D eigenvalue weighted by molar-refractivity contribution is 0.558. The van der Waals surface area contributed by atoms with E-state index in [9.17, 15) is 0 Å². The fraction of sp³-hybridized carbons (Fsp3) is 0.0526. The molecular formula is C19H18N3OP. The average molecular weight is 335 g/mol. The minimum Gasteiger partial charge on any atom is -0.463 e. The summed E-state index contributed by atoms with van der Waals surface area (Å²) in [6.45, 7) is 0.543. The smallest absolute Gasteiger partial charge is 0.151 e. The second-order valence-corrected chi connectivity index (χ2v) is 5.81. The van der Waals surface area contributed by atoms with E-state index >= 15 is 0 Å². The summed E-state index contributed by atoms with van der Waals surface area (Å²) in [5.41, 5.74) is 9.26. The van der Waals surface area contributed by atoms with Gasteiger partial charge in [0.2, 0.25) is 0 Å². The van der Waals surface area contributed by atoms with Crippen LogP contribution < -0.4 is 11.0 Å². The molecule has 120 valence electrons. The number of nitrogens with zero attached hydrogens (tertiary/aromatic N) is 2. The van der Waals surface area contributed by atoms with Crippen LogP contribution in [-0.4, -0.2) is 10.7 Å². The van der Waals surface area contributed by atoms with Crippen LogP contribution >= 0.6 is 9.24 Å². The number of hydrogen-bond donors (Lipinski definition) is 1. The normalized spacial score (nSPS) is 12.4. The predicted octanol–water partition coefficient (Wildman–Crippen LogP) is 3.16. The van der Waals surface area contributed by atoms with Crippen LogP contribution in [0.2, 0.25) is 0 Å². The molecule has 3 aromatic rings. The standard InChI is InChI=1S/C19H18N3OP/c20-15(16-7-3-4-10-21-16)12-17(18-8-5-11-23-18)22-13-14-6-1-2-9-19(14)24/h1-12H,13,20,24H2. The predicted molar refractivity (Wildman–Crippen MR) is 101 cm³/mol. The summed E-state index contributed by atoms with van der Waals surface area (Å²) in [7, 11) is 2.73. The minimum atomic E-state index is 0.543. The maximum absolute atomic E-state index is 6.17. The van der Waals surface area contributed by atoms with E-state index in [1.165, 1.54) is 0 Å². The fourth-order valence-corrected chi connectivity index (χ4v) is 2.52. The highest BCUT2D eigenvalue weighted by Crippen LogP contribution is 2.11. The zero-order valence-electron chi connectivity index (χ0n) is 13.1. The first-order valence-corrected chi connectivity index (χ1v) is 8.12. The van der Waals surface area contributed by atoms with Gasteiger partial charge in [-0.3, -0.25) is 9.98 Å². The van der Waals surface area contributed by atoms with Crippen molar-refractivity contribution in [3.05, 3.63) is 90.2 Å². The van der Waals surface area contributed by atoms with E-state index in [0.717, 1.165) is 10.9 Å². The second kappa shape index (κ2) is 7.71. The molecule has 0 saturated heterocycles. The van der Waals surface area contributed by atoms with Crippen molar-refractivity contribution in [2.24, 2.45) is 10.7 Å². The lowest BCUT2D eigenvalue weighted by atomic mass is 10.2. The number of nitrogens with two attached hydrogens (primary N) is 1. The van der Waals surface area contributed by atoms with Gasteiger partial charge in [0, 0.05) is 6.20 Å². The van der Waals surface area contributed by atoms with E-state index in [4.69, 9.17) is 10.2 Å².